The first kappa shape index (κ1) is 17.5. The summed E-state index contributed by atoms with van der Waals surface area (Å²) in [6.45, 7) is 11.0. The Bertz CT molecular complexity index is 492. The maximum atomic E-state index is 12.2. The lowest BCUT2D eigenvalue weighted by Crippen LogP contribution is -2.43. The van der Waals surface area contributed by atoms with Crippen molar-refractivity contribution < 1.29 is 9.53 Å². The van der Waals surface area contributed by atoms with Crippen molar-refractivity contribution in [1.29, 1.82) is 0 Å². The number of hydrogen-bond acceptors (Lipinski definition) is 3. The van der Waals surface area contributed by atoms with Gasteiger partial charge in [0.15, 0.2) is 0 Å². The molecular weight excluding hydrogens is 264 g/mol. The van der Waals surface area contributed by atoms with Crippen LogP contribution < -0.4 is 10.1 Å². The summed E-state index contributed by atoms with van der Waals surface area (Å²) in [5, 5.41) is 2.93. The number of rotatable bonds is 5. The molecule has 4 heteroatoms. The van der Waals surface area contributed by atoms with E-state index in [-0.39, 0.29) is 11.3 Å². The van der Waals surface area contributed by atoms with Crippen LogP contribution in [0.4, 0.5) is 5.69 Å². The van der Waals surface area contributed by atoms with E-state index in [1.54, 1.807) is 7.11 Å². The molecule has 0 aromatic heterocycles. The van der Waals surface area contributed by atoms with Gasteiger partial charge in [0.2, 0.25) is 5.91 Å². The molecule has 0 radical (unpaired) electrons. The van der Waals surface area contributed by atoms with Crippen molar-refractivity contribution in [1.82, 2.24) is 4.90 Å². The highest BCUT2D eigenvalue weighted by Crippen LogP contribution is 2.26. The molecule has 1 atom stereocenters. The van der Waals surface area contributed by atoms with Crippen molar-refractivity contribution in [2.75, 3.05) is 26.0 Å². The Kier molecular flexibility index (Phi) is 5.78. The summed E-state index contributed by atoms with van der Waals surface area (Å²) in [4.78, 5) is 14.3. The third-order valence-corrected chi connectivity index (χ3v) is 3.94. The fourth-order valence-corrected chi connectivity index (χ4v) is 2.13. The van der Waals surface area contributed by atoms with E-state index in [2.05, 4.69) is 37.9 Å². The molecule has 4 nitrogen and oxygen atoms in total. The highest BCUT2D eigenvalue weighted by molar-refractivity contribution is 5.93. The smallest absolute Gasteiger partial charge is 0.238 e. The molecule has 1 rings (SSSR count). The van der Waals surface area contributed by atoms with Gasteiger partial charge >= 0.3 is 0 Å². The third-order valence-electron chi connectivity index (χ3n) is 3.94. The molecule has 0 saturated carbocycles. The molecule has 0 spiro atoms. The lowest BCUT2D eigenvalue weighted by Gasteiger charge is -2.34. The molecule has 1 amide bonds. The van der Waals surface area contributed by atoms with Crippen LogP contribution in [0.5, 0.6) is 5.75 Å². The standard InChI is InChI=1S/C17H28N2O2/c1-12-8-9-15(21-7)14(10-12)18-16(20)11-19(6)13(2)17(3,4)5/h8-10,13H,11H2,1-7H3,(H,18,20). The topological polar surface area (TPSA) is 41.6 Å². The van der Waals surface area contributed by atoms with Gasteiger partial charge in [0.25, 0.3) is 0 Å². The zero-order valence-corrected chi connectivity index (χ0v) is 14.3. The minimum Gasteiger partial charge on any atom is -0.495 e. The van der Waals surface area contributed by atoms with Crippen molar-refractivity contribution in [2.24, 2.45) is 5.41 Å². The van der Waals surface area contributed by atoms with Gasteiger partial charge in [-0.15, -0.1) is 0 Å². The summed E-state index contributed by atoms with van der Waals surface area (Å²) in [5.74, 6) is 0.651. The van der Waals surface area contributed by atoms with Gasteiger partial charge < -0.3 is 10.1 Å². The van der Waals surface area contributed by atoms with Gasteiger partial charge in [-0.3, -0.25) is 9.69 Å². The summed E-state index contributed by atoms with van der Waals surface area (Å²) in [6, 6.07) is 6.06. The molecule has 21 heavy (non-hydrogen) atoms. The Hall–Kier alpha value is -1.55. The van der Waals surface area contributed by atoms with Crippen LogP contribution in [0.3, 0.4) is 0 Å². The fourth-order valence-electron chi connectivity index (χ4n) is 2.13. The van der Waals surface area contributed by atoms with Gasteiger partial charge in [-0.1, -0.05) is 26.8 Å². The summed E-state index contributed by atoms with van der Waals surface area (Å²) in [6.07, 6.45) is 0. The van der Waals surface area contributed by atoms with Gasteiger partial charge in [0, 0.05) is 6.04 Å². The lowest BCUT2D eigenvalue weighted by molar-refractivity contribution is -0.117. The van der Waals surface area contributed by atoms with E-state index in [1.165, 1.54) is 0 Å². The number of aryl methyl sites for hydroxylation is 1. The van der Waals surface area contributed by atoms with Gasteiger partial charge in [0.1, 0.15) is 5.75 Å². The van der Waals surface area contributed by atoms with Crippen molar-refractivity contribution in [3.05, 3.63) is 23.8 Å². The zero-order chi connectivity index (χ0) is 16.2. The van der Waals surface area contributed by atoms with Gasteiger partial charge in [-0.25, -0.2) is 0 Å². The Balaban J connectivity index is 2.72. The first-order valence-electron chi connectivity index (χ1n) is 7.30. The number of anilines is 1. The minimum absolute atomic E-state index is 0.0301. The normalized spacial score (nSPS) is 13.1. The number of methoxy groups -OCH3 is 1. The first-order valence-corrected chi connectivity index (χ1v) is 7.30. The van der Waals surface area contributed by atoms with Crippen molar-refractivity contribution >= 4 is 11.6 Å². The number of carbonyl (C=O) groups excluding carboxylic acids is 1. The predicted molar refractivity (Wildman–Crippen MR) is 87.9 cm³/mol. The van der Waals surface area contributed by atoms with Crippen LogP contribution in [-0.2, 0) is 4.79 Å². The largest absolute Gasteiger partial charge is 0.495 e. The molecule has 0 fully saturated rings. The summed E-state index contributed by atoms with van der Waals surface area (Å²) in [5.41, 5.74) is 1.94. The van der Waals surface area contributed by atoms with E-state index >= 15 is 0 Å². The molecule has 0 saturated heterocycles. The second-order valence-corrected chi connectivity index (χ2v) is 6.71. The SMILES string of the molecule is COc1ccc(C)cc1NC(=O)CN(C)C(C)C(C)(C)C. The Morgan fingerprint density at radius 2 is 2.00 bits per heavy atom. The van der Waals surface area contributed by atoms with E-state index in [0.717, 1.165) is 11.3 Å². The molecule has 0 aliphatic heterocycles. The Labute approximate surface area is 128 Å². The number of benzene rings is 1. The van der Waals surface area contributed by atoms with Gasteiger partial charge in [-0.2, -0.15) is 0 Å². The highest BCUT2D eigenvalue weighted by atomic mass is 16.5. The zero-order valence-electron chi connectivity index (χ0n) is 14.3. The van der Waals surface area contributed by atoms with Crippen LogP contribution in [0, 0.1) is 12.3 Å². The summed E-state index contributed by atoms with van der Waals surface area (Å²) in [7, 11) is 3.58. The number of carbonyl (C=O) groups is 1. The average molecular weight is 292 g/mol. The summed E-state index contributed by atoms with van der Waals surface area (Å²) < 4.78 is 5.28. The molecular formula is C17H28N2O2. The third kappa shape index (κ3) is 5.05. The number of ether oxygens (including phenoxy) is 1. The monoisotopic (exact) mass is 292 g/mol. The van der Waals surface area contributed by atoms with E-state index < -0.39 is 0 Å². The number of nitrogens with one attached hydrogen (secondary N) is 1. The van der Waals surface area contributed by atoms with Crippen molar-refractivity contribution in [3.63, 3.8) is 0 Å². The highest BCUT2D eigenvalue weighted by Gasteiger charge is 2.25. The molecule has 1 N–H and O–H groups in total. The minimum atomic E-state index is -0.0301. The number of nitrogens with zero attached hydrogens (tertiary/aromatic N) is 1. The van der Waals surface area contributed by atoms with Crippen molar-refractivity contribution in [3.8, 4) is 5.75 Å². The summed E-state index contributed by atoms with van der Waals surface area (Å²) >= 11 is 0. The molecule has 0 aliphatic carbocycles. The van der Waals surface area contributed by atoms with Crippen LogP contribution in [0.1, 0.15) is 33.3 Å². The molecule has 0 heterocycles. The molecule has 118 valence electrons. The van der Waals surface area contributed by atoms with Gasteiger partial charge in [-0.05, 0) is 44.0 Å². The van der Waals surface area contributed by atoms with E-state index in [4.69, 9.17) is 4.74 Å². The van der Waals surface area contributed by atoms with Crippen molar-refractivity contribution in [2.45, 2.75) is 40.7 Å². The Morgan fingerprint density at radius 3 is 2.52 bits per heavy atom. The molecule has 1 aromatic rings. The van der Waals surface area contributed by atoms with Gasteiger partial charge in [0.05, 0.1) is 19.3 Å². The number of likely N-dealkylation sites (N-methyl/N-ethyl adjacent to an activating group) is 1. The molecule has 0 aliphatic rings. The van der Waals surface area contributed by atoms with Crippen LogP contribution in [0.15, 0.2) is 18.2 Å². The number of hydrogen-bond donors (Lipinski definition) is 1. The second-order valence-electron chi connectivity index (χ2n) is 6.71. The maximum Gasteiger partial charge on any atom is 0.238 e. The number of amides is 1. The quantitative estimate of drug-likeness (QED) is 0.905. The van der Waals surface area contributed by atoms with Crippen LogP contribution in [0.2, 0.25) is 0 Å². The Morgan fingerprint density at radius 1 is 1.38 bits per heavy atom. The van der Waals surface area contributed by atoms with Crippen LogP contribution in [-0.4, -0.2) is 37.6 Å². The first-order chi connectivity index (χ1) is 9.65. The van der Waals surface area contributed by atoms with Crippen LogP contribution >= 0.6 is 0 Å². The fraction of sp³-hybridized carbons (Fsp3) is 0.588. The molecule has 1 aromatic carbocycles. The molecule has 0 bridgehead atoms. The van der Waals surface area contributed by atoms with E-state index in [1.807, 2.05) is 32.2 Å². The predicted octanol–water partition coefficient (Wildman–Crippen LogP) is 3.31. The lowest BCUT2D eigenvalue weighted by atomic mass is 9.87. The maximum absolute atomic E-state index is 12.2. The van der Waals surface area contributed by atoms with E-state index in [0.29, 0.717) is 18.3 Å². The average Bonchev–Trinajstić information content (AvgIpc) is 2.36. The van der Waals surface area contributed by atoms with Crippen LogP contribution in [0.25, 0.3) is 0 Å². The van der Waals surface area contributed by atoms with E-state index in [9.17, 15) is 4.79 Å². The second kappa shape index (κ2) is 6.94. The molecule has 1 unspecified atom stereocenters.